The summed E-state index contributed by atoms with van der Waals surface area (Å²) in [5.74, 6) is -0.224. The van der Waals surface area contributed by atoms with Crippen LogP contribution in [0.25, 0.3) is 0 Å². The Morgan fingerprint density at radius 2 is 2.24 bits per heavy atom. The van der Waals surface area contributed by atoms with Gasteiger partial charge >= 0.3 is 0 Å². The molecular formula is C13H16FNO2. The predicted octanol–water partition coefficient (Wildman–Crippen LogP) is 1.88. The lowest BCUT2D eigenvalue weighted by molar-refractivity contribution is -0.118. The average molecular weight is 237 g/mol. The Labute approximate surface area is 99.9 Å². The van der Waals surface area contributed by atoms with E-state index >= 15 is 0 Å². The monoisotopic (exact) mass is 237 g/mol. The zero-order valence-corrected chi connectivity index (χ0v) is 9.82. The third-order valence-electron chi connectivity index (χ3n) is 3.01. The molecule has 1 aliphatic heterocycles. The maximum absolute atomic E-state index is 13.1. The second-order valence-electron chi connectivity index (χ2n) is 4.46. The van der Waals surface area contributed by atoms with Crippen LogP contribution in [-0.4, -0.2) is 23.7 Å². The second-order valence-corrected chi connectivity index (χ2v) is 4.46. The van der Waals surface area contributed by atoms with Gasteiger partial charge in [0.2, 0.25) is 5.91 Å². The van der Waals surface area contributed by atoms with Gasteiger partial charge in [-0.1, -0.05) is 0 Å². The molecule has 1 heterocycles. The van der Waals surface area contributed by atoms with Gasteiger partial charge in [-0.25, -0.2) is 4.39 Å². The molecule has 0 radical (unpaired) electrons. The number of rotatable bonds is 3. The fraction of sp³-hybridized carbons (Fsp3) is 0.462. The summed E-state index contributed by atoms with van der Waals surface area (Å²) in [4.78, 5) is 13.4. The van der Waals surface area contributed by atoms with Gasteiger partial charge in [-0.2, -0.15) is 0 Å². The number of fused-ring (bicyclic) bond motifs is 1. The van der Waals surface area contributed by atoms with E-state index in [-0.39, 0.29) is 11.7 Å². The van der Waals surface area contributed by atoms with Crippen molar-refractivity contribution in [3.63, 3.8) is 0 Å². The molecule has 1 aromatic rings. The zero-order chi connectivity index (χ0) is 12.4. The molecule has 17 heavy (non-hydrogen) atoms. The molecule has 3 nitrogen and oxygen atoms in total. The van der Waals surface area contributed by atoms with E-state index < -0.39 is 6.10 Å². The molecule has 1 atom stereocenters. The van der Waals surface area contributed by atoms with Crippen LogP contribution in [0, 0.1) is 5.82 Å². The molecule has 1 aliphatic rings. The number of benzene rings is 1. The lowest BCUT2D eigenvalue weighted by Gasteiger charge is -2.29. The van der Waals surface area contributed by atoms with Crippen molar-refractivity contribution < 1.29 is 14.3 Å². The molecule has 2 rings (SSSR count). The molecular weight excluding hydrogens is 221 g/mol. The summed E-state index contributed by atoms with van der Waals surface area (Å²) in [6.07, 6.45) is 1.10. The largest absolute Gasteiger partial charge is 0.393 e. The Bertz CT molecular complexity index is 431. The highest BCUT2D eigenvalue weighted by Gasteiger charge is 2.24. The summed E-state index contributed by atoms with van der Waals surface area (Å²) >= 11 is 0. The van der Waals surface area contributed by atoms with E-state index in [0.717, 1.165) is 11.3 Å². The first-order chi connectivity index (χ1) is 8.08. The van der Waals surface area contributed by atoms with Gasteiger partial charge in [0.05, 0.1) is 6.10 Å². The molecule has 1 aromatic carbocycles. The Kier molecular flexibility index (Phi) is 3.43. The number of amides is 1. The van der Waals surface area contributed by atoms with E-state index in [4.69, 9.17) is 0 Å². The SMILES string of the molecule is CC(O)CCN1C(=O)CCc2cc(F)ccc21. The molecule has 0 bridgehead atoms. The number of aliphatic hydroxyl groups excluding tert-OH is 1. The van der Waals surface area contributed by atoms with E-state index in [2.05, 4.69) is 0 Å². The summed E-state index contributed by atoms with van der Waals surface area (Å²) in [6, 6.07) is 4.49. The van der Waals surface area contributed by atoms with Gasteiger partial charge in [-0.15, -0.1) is 0 Å². The number of aryl methyl sites for hydroxylation is 1. The highest BCUT2D eigenvalue weighted by molar-refractivity contribution is 5.96. The third kappa shape index (κ3) is 2.64. The van der Waals surface area contributed by atoms with Crippen molar-refractivity contribution >= 4 is 11.6 Å². The second kappa shape index (κ2) is 4.84. The highest BCUT2D eigenvalue weighted by atomic mass is 19.1. The van der Waals surface area contributed by atoms with Gasteiger partial charge < -0.3 is 10.0 Å². The fourth-order valence-corrected chi connectivity index (χ4v) is 2.09. The maximum Gasteiger partial charge on any atom is 0.227 e. The average Bonchev–Trinajstić information content (AvgIpc) is 2.27. The molecule has 4 heteroatoms. The van der Waals surface area contributed by atoms with Gasteiger partial charge in [0, 0.05) is 18.7 Å². The summed E-state index contributed by atoms with van der Waals surface area (Å²) in [5.41, 5.74) is 1.65. The fourth-order valence-electron chi connectivity index (χ4n) is 2.09. The topological polar surface area (TPSA) is 40.5 Å². The molecule has 92 valence electrons. The van der Waals surface area contributed by atoms with E-state index in [0.29, 0.717) is 25.8 Å². The molecule has 0 fully saturated rings. The van der Waals surface area contributed by atoms with E-state index in [9.17, 15) is 14.3 Å². The van der Waals surface area contributed by atoms with Gasteiger partial charge in [-0.05, 0) is 43.5 Å². The van der Waals surface area contributed by atoms with Gasteiger partial charge in [0.15, 0.2) is 0 Å². The van der Waals surface area contributed by atoms with Crippen molar-refractivity contribution in [1.82, 2.24) is 0 Å². The number of halogens is 1. The van der Waals surface area contributed by atoms with E-state index in [1.807, 2.05) is 0 Å². The Balaban J connectivity index is 2.24. The molecule has 0 spiro atoms. The summed E-state index contributed by atoms with van der Waals surface area (Å²) in [6.45, 7) is 2.18. The minimum atomic E-state index is -0.436. The van der Waals surface area contributed by atoms with Crippen molar-refractivity contribution in [2.24, 2.45) is 0 Å². The zero-order valence-electron chi connectivity index (χ0n) is 9.82. The van der Waals surface area contributed by atoms with Crippen LogP contribution in [0.2, 0.25) is 0 Å². The van der Waals surface area contributed by atoms with E-state index in [1.54, 1.807) is 17.9 Å². The molecule has 1 N–H and O–H groups in total. The lowest BCUT2D eigenvalue weighted by Crippen LogP contribution is -2.36. The van der Waals surface area contributed by atoms with Crippen LogP contribution >= 0.6 is 0 Å². The number of hydrogen-bond acceptors (Lipinski definition) is 2. The third-order valence-corrected chi connectivity index (χ3v) is 3.01. The van der Waals surface area contributed by atoms with Gasteiger partial charge in [-0.3, -0.25) is 4.79 Å². The minimum Gasteiger partial charge on any atom is -0.393 e. The first-order valence-electron chi connectivity index (χ1n) is 5.85. The van der Waals surface area contributed by atoms with Gasteiger partial charge in [0.25, 0.3) is 0 Å². The maximum atomic E-state index is 13.1. The normalized spacial score (nSPS) is 16.9. The van der Waals surface area contributed by atoms with Crippen molar-refractivity contribution in [2.45, 2.75) is 32.3 Å². The summed E-state index contributed by atoms with van der Waals surface area (Å²) in [5, 5.41) is 9.26. The smallest absolute Gasteiger partial charge is 0.227 e. The quantitative estimate of drug-likeness (QED) is 0.872. The number of hydrogen-bond donors (Lipinski definition) is 1. The first kappa shape index (κ1) is 12.0. The molecule has 1 unspecified atom stereocenters. The van der Waals surface area contributed by atoms with E-state index in [1.165, 1.54) is 12.1 Å². The van der Waals surface area contributed by atoms with Crippen LogP contribution in [0.4, 0.5) is 10.1 Å². The first-order valence-corrected chi connectivity index (χ1v) is 5.85. The number of carbonyl (C=O) groups is 1. The summed E-state index contributed by atoms with van der Waals surface area (Å²) in [7, 11) is 0. The molecule has 0 aromatic heterocycles. The number of anilines is 1. The summed E-state index contributed by atoms with van der Waals surface area (Å²) < 4.78 is 13.1. The Hall–Kier alpha value is -1.42. The van der Waals surface area contributed by atoms with Crippen molar-refractivity contribution in [1.29, 1.82) is 0 Å². The standard InChI is InChI=1S/C13H16FNO2/c1-9(16)6-7-15-12-4-3-11(14)8-10(12)2-5-13(15)17/h3-4,8-9,16H,2,5-7H2,1H3. The Morgan fingerprint density at radius 3 is 2.94 bits per heavy atom. The van der Waals surface area contributed by atoms with Crippen LogP contribution in [0.1, 0.15) is 25.3 Å². The number of aliphatic hydroxyl groups is 1. The van der Waals surface area contributed by atoms with Crippen LogP contribution in [0.15, 0.2) is 18.2 Å². The molecule has 0 saturated carbocycles. The molecule has 0 aliphatic carbocycles. The Morgan fingerprint density at radius 1 is 1.47 bits per heavy atom. The molecule has 0 saturated heterocycles. The van der Waals surface area contributed by atoms with Crippen molar-refractivity contribution in [3.05, 3.63) is 29.6 Å². The highest BCUT2D eigenvalue weighted by Crippen LogP contribution is 2.28. The number of nitrogens with zero attached hydrogens (tertiary/aromatic N) is 1. The van der Waals surface area contributed by atoms with Crippen LogP contribution in [-0.2, 0) is 11.2 Å². The lowest BCUT2D eigenvalue weighted by atomic mass is 10.0. The number of carbonyl (C=O) groups excluding carboxylic acids is 1. The van der Waals surface area contributed by atoms with Gasteiger partial charge in [0.1, 0.15) is 5.82 Å². The van der Waals surface area contributed by atoms with Crippen molar-refractivity contribution in [2.75, 3.05) is 11.4 Å². The van der Waals surface area contributed by atoms with Crippen molar-refractivity contribution in [3.8, 4) is 0 Å². The van der Waals surface area contributed by atoms with Crippen LogP contribution < -0.4 is 4.90 Å². The minimum absolute atomic E-state index is 0.0461. The van der Waals surface area contributed by atoms with Crippen LogP contribution in [0.5, 0.6) is 0 Å². The molecule has 1 amide bonds. The predicted molar refractivity (Wildman–Crippen MR) is 63.4 cm³/mol. The van der Waals surface area contributed by atoms with Crippen LogP contribution in [0.3, 0.4) is 0 Å².